The van der Waals surface area contributed by atoms with Gasteiger partial charge >= 0.3 is 0 Å². The molecule has 2 aromatic carbocycles. The highest BCUT2D eigenvalue weighted by Crippen LogP contribution is 2.31. The maximum absolute atomic E-state index is 13.2. The van der Waals surface area contributed by atoms with Crippen LogP contribution in [0.2, 0.25) is 0 Å². The molecule has 0 aromatic heterocycles. The van der Waals surface area contributed by atoms with Gasteiger partial charge in [-0.2, -0.15) is 0 Å². The van der Waals surface area contributed by atoms with E-state index in [1.165, 1.54) is 12.1 Å². The van der Waals surface area contributed by atoms with Crippen molar-refractivity contribution in [2.75, 3.05) is 38.1 Å². The molecule has 2 aromatic rings. The van der Waals surface area contributed by atoms with Gasteiger partial charge in [0.05, 0.1) is 6.42 Å². The Balaban J connectivity index is 1.49. The SMILES string of the molecule is CN1C(=O)Cc2ccccc2[C@H]1C(=O)N1CCN(c2ccc(F)cc2)CC1. The summed E-state index contributed by atoms with van der Waals surface area (Å²) in [5, 5.41) is 0. The zero-order chi connectivity index (χ0) is 19.0. The van der Waals surface area contributed by atoms with Gasteiger partial charge in [-0.15, -0.1) is 0 Å². The molecule has 4 rings (SSSR count). The minimum Gasteiger partial charge on any atom is -0.368 e. The highest BCUT2D eigenvalue weighted by Gasteiger charge is 2.37. The third-order valence-electron chi connectivity index (χ3n) is 5.49. The van der Waals surface area contributed by atoms with E-state index in [0.29, 0.717) is 32.6 Å². The van der Waals surface area contributed by atoms with Crippen LogP contribution in [0.15, 0.2) is 48.5 Å². The summed E-state index contributed by atoms with van der Waals surface area (Å²) in [6.07, 6.45) is 0.342. The number of amides is 2. The Morgan fingerprint density at radius 2 is 1.67 bits per heavy atom. The van der Waals surface area contributed by atoms with Crippen LogP contribution in [-0.4, -0.2) is 54.8 Å². The summed E-state index contributed by atoms with van der Waals surface area (Å²) in [6.45, 7) is 2.53. The van der Waals surface area contributed by atoms with E-state index in [0.717, 1.165) is 16.8 Å². The van der Waals surface area contributed by atoms with E-state index < -0.39 is 6.04 Å². The van der Waals surface area contributed by atoms with Crippen molar-refractivity contribution >= 4 is 17.5 Å². The molecule has 2 aliphatic heterocycles. The fraction of sp³-hybridized carbons (Fsp3) is 0.333. The largest absolute Gasteiger partial charge is 0.368 e. The van der Waals surface area contributed by atoms with E-state index in [1.54, 1.807) is 24.1 Å². The van der Waals surface area contributed by atoms with Crippen molar-refractivity contribution in [2.45, 2.75) is 12.5 Å². The molecule has 5 nitrogen and oxygen atoms in total. The lowest BCUT2D eigenvalue weighted by Crippen LogP contribution is -2.53. The number of likely N-dealkylation sites (N-methyl/N-ethyl adjacent to an activating group) is 1. The average Bonchev–Trinajstić information content (AvgIpc) is 2.69. The van der Waals surface area contributed by atoms with Gasteiger partial charge in [0, 0.05) is 38.9 Å². The van der Waals surface area contributed by atoms with Crippen molar-refractivity contribution in [3.8, 4) is 0 Å². The maximum Gasteiger partial charge on any atom is 0.250 e. The molecule has 140 valence electrons. The van der Waals surface area contributed by atoms with E-state index in [1.807, 2.05) is 29.2 Å². The molecule has 1 atom stereocenters. The lowest BCUT2D eigenvalue weighted by molar-refractivity contribution is -0.145. The first kappa shape index (κ1) is 17.5. The van der Waals surface area contributed by atoms with Gasteiger partial charge in [0.1, 0.15) is 11.9 Å². The number of anilines is 1. The minimum absolute atomic E-state index is 0.0306. The van der Waals surface area contributed by atoms with Gasteiger partial charge in [0.2, 0.25) is 11.8 Å². The third-order valence-corrected chi connectivity index (χ3v) is 5.49. The summed E-state index contributed by atoms with van der Waals surface area (Å²) in [4.78, 5) is 31.1. The number of halogens is 1. The van der Waals surface area contributed by atoms with Gasteiger partial charge in [-0.3, -0.25) is 9.59 Å². The van der Waals surface area contributed by atoms with Gasteiger partial charge in [-0.05, 0) is 35.4 Å². The number of hydrogen-bond acceptors (Lipinski definition) is 3. The molecule has 2 heterocycles. The average molecular weight is 367 g/mol. The number of hydrogen-bond donors (Lipinski definition) is 0. The fourth-order valence-electron chi connectivity index (χ4n) is 3.91. The summed E-state index contributed by atoms with van der Waals surface area (Å²) >= 11 is 0. The molecule has 0 bridgehead atoms. The summed E-state index contributed by atoms with van der Waals surface area (Å²) < 4.78 is 13.1. The quantitative estimate of drug-likeness (QED) is 0.818. The van der Waals surface area contributed by atoms with Crippen LogP contribution in [0.3, 0.4) is 0 Å². The van der Waals surface area contributed by atoms with Crippen LogP contribution >= 0.6 is 0 Å². The van der Waals surface area contributed by atoms with E-state index >= 15 is 0 Å². The number of rotatable bonds is 2. The molecule has 1 saturated heterocycles. The van der Waals surface area contributed by atoms with Crippen LogP contribution in [0.1, 0.15) is 17.2 Å². The number of carbonyl (C=O) groups is 2. The molecule has 1 fully saturated rings. The van der Waals surface area contributed by atoms with Crippen molar-refractivity contribution in [1.82, 2.24) is 9.80 Å². The molecule has 0 unspecified atom stereocenters. The van der Waals surface area contributed by atoms with Crippen molar-refractivity contribution in [2.24, 2.45) is 0 Å². The molecule has 2 amide bonds. The molecule has 0 spiro atoms. The predicted octanol–water partition coefficient (Wildman–Crippen LogP) is 2.23. The van der Waals surface area contributed by atoms with Crippen LogP contribution < -0.4 is 4.90 Å². The van der Waals surface area contributed by atoms with E-state index in [-0.39, 0.29) is 17.6 Å². The second-order valence-corrected chi connectivity index (χ2v) is 7.07. The molecule has 0 radical (unpaired) electrons. The lowest BCUT2D eigenvalue weighted by atomic mass is 9.91. The number of fused-ring (bicyclic) bond motifs is 1. The maximum atomic E-state index is 13.2. The van der Waals surface area contributed by atoms with Crippen LogP contribution in [0.5, 0.6) is 0 Å². The van der Waals surface area contributed by atoms with Crippen LogP contribution in [-0.2, 0) is 16.0 Å². The lowest BCUT2D eigenvalue weighted by Gasteiger charge is -2.40. The molecule has 6 heteroatoms. The fourth-order valence-corrected chi connectivity index (χ4v) is 3.91. The predicted molar refractivity (Wildman–Crippen MR) is 101 cm³/mol. The Morgan fingerprint density at radius 1 is 1.00 bits per heavy atom. The summed E-state index contributed by atoms with van der Waals surface area (Å²) in [6, 6.07) is 13.5. The highest BCUT2D eigenvalue weighted by molar-refractivity contribution is 5.92. The molecule has 2 aliphatic rings. The van der Waals surface area contributed by atoms with Crippen LogP contribution in [0.4, 0.5) is 10.1 Å². The van der Waals surface area contributed by atoms with Gasteiger partial charge in [0.15, 0.2) is 0 Å². The first-order valence-electron chi connectivity index (χ1n) is 9.17. The van der Waals surface area contributed by atoms with Crippen LogP contribution in [0.25, 0.3) is 0 Å². The van der Waals surface area contributed by atoms with Gasteiger partial charge < -0.3 is 14.7 Å². The van der Waals surface area contributed by atoms with Gasteiger partial charge in [0.25, 0.3) is 0 Å². The van der Waals surface area contributed by atoms with Gasteiger partial charge in [-0.1, -0.05) is 24.3 Å². The first-order valence-corrected chi connectivity index (χ1v) is 9.17. The van der Waals surface area contributed by atoms with Crippen molar-refractivity contribution < 1.29 is 14.0 Å². The number of piperazine rings is 1. The summed E-state index contributed by atoms with van der Waals surface area (Å²) in [5.41, 5.74) is 2.81. The first-order chi connectivity index (χ1) is 13.0. The molecular formula is C21H22FN3O2. The molecular weight excluding hydrogens is 345 g/mol. The molecule has 0 aliphatic carbocycles. The van der Waals surface area contributed by atoms with Gasteiger partial charge in [-0.25, -0.2) is 4.39 Å². The monoisotopic (exact) mass is 367 g/mol. The molecule has 0 N–H and O–H groups in total. The second kappa shape index (κ2) is 7.02. The zero-order valence-corrected chi connectivity index (χ0v) is 15.3. The van der Waals surface area contributed by atoms with E-state index in [4.69, 9.17) is 0 Å². The van der Waals surface area contributed by atoms with E-state index in [9.17, 15) is 14.0 Å². The number of nitrogens with zero attached hydrogens (tertiary/aromatic N) is 3. The Labute approximate surface area is 158 Å². The van der Waals surface area contributed by atoms with Crippen molar-refractivity contribution in [3.05, 3.63) is 65.5 Å². The van der Waals surface area contributed by atoms with Crippen molar-refractivity contribution in [1.29, 1.82) is 0 Å². The Kier molecular flexibility index (Phi) is 4.56. The topological polar surface area (TPSA) is 43.9 Å². The van der Waals surface area contributed by atoms with Crippen molar-refractivity contribution in [3.63, 3.8) is 0 Å². The van der Waals surface area contributed by atoms with E-state index in [2.05, 4.69) is 4.90 Å². The number of benzene rings is 2. The Hall–Kier alpha value is -2.89. The third kappa shape index (κ3) is 3.27. The standard InChI is InChI=1S/C21H22FN3O2/c1-23-19(26)14-15-4-2-3-5-18(15)20(23)21(27)25-12-10-24(11-13-25)17-8-6-16(22)7-9-17/h2-9,20H,10-14H2,1H3/t20-/m0/s1. The minimum atomic E-state index is -0.556. The normalized spacial score (nSPS) is 19.9. The number of carbonyl (C=O) groups excluding carboxylic acids is 2. The zero-order valence-electron chi connectivity index (χ0n) is 15.3. The Morgan fingerprint density at radius 3 is 2.37 bits per heavy atom. The highest BCUT2D eigenvalue weighted by atomic mass is 19.1. The summed E-state index contributed by atoms with van der Waals surface area (Å²) in [5.74, 6) is -0.315. The molecule has 0 saturated carbocycles. The Bertz CT molecular complexity index is 860. The molecule has 27 heavy (non-hydrogen) atoms. The second-order valence-electron chi connectivity index (χ2n) is 7.07. The smallest absolute Gasteiger partial charge is 0.250 e. The van der Waals surface area contributed by atoms with Crippen LogP contribution in [0, 0.1) is 5.82 Å². The summed E-state index contributed by atoms with van der Waals surface area (Å²) in [7, 11) is 1.70.